The van der Waals surface area contributed by atoms with E-state index in [1.165, 1.54) is 0 Å². The molecule has 2 aromatic carbocycles. The van der Waals surface area contributed by atoms with Crippen molar-refractivity contribution in [2.75, 3.05) is 5.32 Å². The van der Waals surface area contributed by atoms with E-state index in [2.05, 4.69) is 26.2 Å². The van der Waals surface area contributed by atoms with Gasteiger partial charge in [-0.2, -0.15) is 0 Å². The Kier molecular flexibility index (Phi) is 5.55. The molecule has 0 saturated carbocycles. The van der Waals surface area contributed by atoms with Crippen molar-refractivity contribution in [2.45, 2.75) is 19.4 Å². The van der Waals surface area contributed by atoms with Crippen molar-refractivity contribution >= 4 is 17.5 Å². The van der Waals surface area contributed by atoms with Gasteiger partial charge < -0.3 is 10.6 Å². The molecule has 3 rings (SSSR count). The molecule has 1 heterocycles. The summed E-state index contributed by atoms with van der Waals surface area (Å²) in [5.41, 5.74) is 2.00. The second-order valence-corrected chi connectivity index (χ2v) is 6.20. The number of hydrogen-bond donors (Lipinski definition) is 2. The molecule has 8 heteroatoms. The van der Waals surface area contributed by atoms with Gasteiger partial charge in [0.25, 0.3) is 5.91 Å². The minimum absolute atomic E-state index is 0.161. The van der Waals surface area contributed by atoms with Crippen LogP contribution < -0.4 is 10.6 Å². The normalized spacial score (nSPS) is 11.6. The second-order valence-electron chi connectivity index (χ2n) is 6.20. The molecule has 0 saturated heterocycles. The minimum atomic E-state index is -0.302. The highest BCUT2D eigenvalue weighted by molar-refractivity contribution is 5.95. The molecule has 1 atom stereocenters. The molecule has 8 nitrogen and oxygen atoms in total. The van der Waals surface area contributed by atoms with E-state index in [9.17, 15) is 9.59 Å². The number of amides is 2. The summed E-state index contributed by atoms with van der Waals surface area (Å²) in [5, 5.41) is 17.0. The average Bonchev–Trinajstić information content (AvgIpc) is 3.08. The maximum atomic E-state index is 12.3. The third kappa shape index (κ3) is 4.75. The fraction of sp³-hybridized carbons (Fsp3) is 0.211. The SMILES string of the molecule is CC(CC(=O)Nc1cccc(-c2nnnn2C)c1)NC(=O)c1ccccc1. The van der Waals surface area contributed by atoms with E-state index >= 15 is 0 Å². The number of rotatable bonds is 6. The fourth-order valence-corrected chi connectivity index (χ4v) is 2.65. The van der Waals surface area contributed by atoms with Gasteiger partial charge in [-0.05, 0) is 41.6 Å². The summed E-state index contributed by atoms with van der Waals surface area (Å²) in [4.78, 5) is 24.4. The van der Waals surface area contributed by atoms with E-state index in [0.29, 0.717) is 17.1 Å². The van der Waals surface area contributed by atoms with Crippen LogP contribution in [0.4, 0.5) is 5.69 Å². The minimum Gasteiger partial charge on any atom is -0.349 e. The molecular weight excluding hydrogens is 344 g/mol. The fourth-order valence-electron chi connectivity index (χ4n) is 2.65. The number of benzene rings is 2. The van der Waals surface area contributed by atoms with Crippen molar-refractivity contribution in [3.8, 4) is 11.4 Å². The summed E-state index contributed by atoms with van der Waals surface area (Å²) in [6.45, 7) is 1.79. The molecule has 3 aromatic rings. The molecule has 2 N–H and O–H groups in total. The van der Waals surface area contributed by atoms with Gasteiger partial charge in [-0.25, -0.2) is 4.68 Å². The Morgan fingerprint density at radius 2 is 1.89 bits per heavy atom. The topological polar surface area (TPSA) is 102 Å². The summed E-state index contributed by atoms with van der Waals surface area (Å²) in [7, 11) is 1.75. The molecule has 0 aliphatic carbocycles. The van der Waals surface area contributed by atoms with E-state index in [4.69, 9.17) is 0 Å². The lowest BCUT2D eigenvalue weighted by Crippen LogP contribution is -2.35. The van der Waals surface area contributed by atoms with Crippen LogP contribution in [-0.4, -0.2) is 38.1 Å². The highest BCUT2D eigenvalue weighted by Gasteiger charge is 2.14. The van der Waals surface area contributed by atoms with Crippen LogP contribution in [0.25, 0.3) is 11.4 Å². The van der Waals surface area contributed by atoms with Crippen LogP contribution in [0.5, 0.6) is 0 Å². The van der Waals surface area contributed by atoms with Crippen molar-refractivity contribution in [1.29, 1.82) is 0 Å². The van der Waals surface area contributed by atoms with Crippen molar-refractivity contribution in [3.63, 3.8) is 0 Å². The molecule has 0 fully saturated rings. The van der Waals surface area contributed by atoms with Crippen molar-refractivity contribution in [3.05, 3.63) is 60.2 Å². The van der Waals surface area contributed by atoms with E-state index < -0.39 is 0 Å². The van der Waals surface area contributed by atoms with Gasteiger partial charge >= 0.3 is 0 Å². The van der Waals surface area contributed by atoms with Gasteiger partial charge in [-0.3, -0.25) is 9.59 Å². The molecule has 1 aromatic heterocycles. The first kappa shape index (κ1) is 18.2. The number of tetrazole rings is 1. The lowest BCUT2D eigenvalue weighted by molar-refractivity contribution is -0.116. The number of carbonyl (C=O) groups is 2. The summed E-state index contributed by atoms with van der Waals surface area (Å²) in [5.74, 6) is 0.214. The van der Waals surface area contributed by atoms with Gasteiger partial charge in [0.2, 0.25) is 5.91 Å². The number of aryl methyl sites for hydroxylation is 1. The predicted molar refractivity (Wildman–Crippen MR) is 101 cm³/mol. The first-order valence-corrected chi connectivity index (χ1v) is 8.51. The van der Waals surface area contributed by atoms with Crippen molar-refractivity contribution in [1.82, 2.24) is 25.5 Å². The Bertz CT molecular complexity index is 938. The van der Waals surface area contributed by atoms with E-state index in [0.717, 1.165) is 5.56 Å². The van der Waals surface area contributed by atoms with Crippen LogP contribution in [-0.2, 0) is 11.8 Å². The molecular formula is C19H20N6O2. The molecule has 2 amide bonds. The molecule has 0 spiro atoms. The zero-order valence-corrected chi connectivity index (χ0v) is 15.1. The third-order valence-corrected chi connectivity index (χ3v) is 3.93. The Morgan fingerprint density at radius 3 is 2.59 bits per heavy atom. The van der Waals surface area contributed by atoms with Gasteiger partial charge in [-0.15, -0.1) is 5.10 Å². The lowest BCUT2D eigenvalue weighted by atomic mass is 10.1. The standard InChI is InChI=1S/C19H20N6O2/c1-13(20-19(27)14-7-4-3-5-8-14)11-17(26)21-16-10-6-9-15(12-16)18-22-23-24-25(18)2/h3-10,12-13H,11H2,1-2H3,(H,20,27)(H,21,26). The lowest BCUT2D eigenvalue weighted by Gasteiger charge is -2.14. The van der Waals surface area contributed by atoms with Crippen LogP contribution in [0.1, 0.15) is 23.7 Å². The summed E-state index contributed by atoms with van der Waals surface area (Å²) >= 11 is 0. The number of carbonyl (C=O) groups excluding carboxylic acids is 2. The van der Waals surface area contributed by atoms with Crippen LogP contribution >= 0.6 is 0 Å². The largest absolute Gasteiger partial charge is 0.349 e. The van der Waals surface area contributed by atoms with Crippen LogP contribution in [0.15, 0.2) is 54.6 Å². The number of hydrogen-bond acceptors (Lipinski definition) is 5. The monoisotopic (exact) mass is 364 g/mol. The van der Waals surface area contributed by atoms with Gasteiger partial charge in [0, 0.05) is 36.3 Å². The van der Waals surface area contributed by atoms with E-state index in [-0.39, 0.29) is 24.3 Å². The smallest absolute Gasteiger partial charge is 0.251 e. The Balaban J connectivity index is 1.58. The zero-order valence-electron chi connectivity index (χ0n) is 15.1. The molecule has 0 bridgehead atoms. The average molecular weight is 364 g/mol. The first-order chi connectivity index (χ1) is 13.0. The summed E-state index contributed by atoms with van der Waals surface area (Å²) < 4.78 is 1.56. The second kappa shape index (κ2) is 8.22. The zero-order chi connectivity index (χ0) is 19.2. The molecule has 0 aliphatic heterocycles. The van der Waals surface area contributed by atoms with Crippen molar-refractivity contribution in [2.24, 2.45) is 7.05 Å². The number of aromatic nitrogens is 4. The molecule has 27 heavy (non-hydrogen) atoms. The van der Waals surface area contributed by atoms with Crippen molar-refractivity contribution < 1.29 is 9.59 Å². The third-order valence-electron chi connectivity index (χ3n) is 3.93. The van der Waals surface area contributed by atoms with Gasteiger partial charge in [-0.1, -0.05) is 30.3 Å². The van der Waals surface area contributed by atoms with Crippen LogP contribution in [0.2, 0.25) is 0 Å². The van der Waals surface area contributed by atoms with Gasteiger partial charge in [0.05, 0.1) is 0 Å². The summed E-state index contributed by atoms with van der Waals surface area (Å²) in [6, 6.07) is 15.9. The van der Waals surface area contributed by atoms with Crippen LogP contribution in [0.3, 0.4) is 0 Å². The van der Waals surface area contributed by atoms with Crippen LogP contribution in [0, 0.1) is 0 Å². The highest BCUT2D eigenvalue weighted by atomic mass is 16.2. The predicted octanol–water partition coefficient (Wildman–Crippen LogP) is 2.02. The Morgan fingerprint density at radius 1 is 1.11 bits per heavy atom. The molecule has 0 aliphatic rings. The molecule has 1 unspecified atom stereocenters. The summed E-state index contributed by atoms with van der Waals surface area (Å²) in [6.07, 6.45) is 0.161. The number of anilines is 1. The number of nitrogens with one attached hydrogen (secondary N) is 2. The quantitative estimate of drug-likeness (QED) is 0.697. The highest BCUT2D eigenvalue weighted by Crippen LogP contribution is 2.19. The Labute approximate surface area is 156 Å². The van der Waals surface area contributed by atoms with Gasteiger partial charge in [0.1, 0.15) is 0 Å². The Hall–Kier alpha value is -3.55. The van der Waals surface area contributed by atoms with E-state index in [1.54, 1.807) is 55.1 Å². The molecule has 138 valence electrons. The van der Waals surface area contributed by atoms with Gasteiger partial charge in [0.15, 0.2) is 5.82 Å². The molecule has 0 radical (unpaired) electrons. The van der Waals surface area contributed by atoms with E-state index in [1.807, 2.05) is 18.2 Å². The number of nitrogens with zero attached hydrogens (tertiary/aromatic N) is 4. The maximum Gasteiger partial charge on any atom is 0.251 e. The first-order valence-electron chi connectivity index (χ1n) is 8.51. The maximum absolute atomic E-state index is 12.3.